The maximum atomic E-state index is 13.0. The van der Waals surface area contributed by atoms with Gasteiger partial charge in [-0.2, -0.15) is 5.10 Å². The van der Waals surface area contributed by atoms with Crippen LogP contribution in [0.5, 0.6) is 0 Å². The van der Waals surface area contributed by atoms with Gasteiger partial charge in [-0.15, -0.1) is 0 Å². The Kier molecular flexibility index (Phi) is 5.16. The van der Waals surface area contributed by atoms with Crippen LogP contribution in [0.15, 0.2) is 87.9 Å². The van der Waals surface area contributed by atoms with Gasteiger partial charge in [0.05, 0.1) is 16.2 Å². The van der Waals surface area contributed by atoms with Crippen molar-refractivity contribution >= 4 is 44.6 Å². The van der Waals surface area contributed by atoms with Crippen molar-refractivity contribution in [1.82, 2.24) is 0 Å². The second kappa shape index (κ2) is 7.92. The first-order chi connectivity index (χ1) is 14.5. The molecule has 3 aromatic carbocycles. The van der Waals surface area contributed by atoms with Crippen LogP contribution in [-0.2, 0) is 0 Å². The molecule has 2 N–H and O–H groups in total. The van der Waals surface area contributed by atoms with Crippen LogP contribution in [0.2, 0.25) is 0 Å². The van der Waals surface area contributed by atoms with Gasteiger partial charge in [0.15, 0.2) is 5.78 Å². The molecule has 0 bridgehead atoms. The molecule has 7 nitrogen and oxygen atoms in total. The molecule has 0 saturated heterocycles. The molecule has 0 amide bonds. The molecular formula is C22H14BrN3O4. The number of carbonyl (C=O) groups is 1. The second-order valence-electron chi connectivity index (χ2n) is 6.48. The van der Waals surface area contributed by atoms with E-state index in [0.717, 1.165) is 4.47 Å². The van der Waals surface area contributed by atoms with Gasteiger partial charge in [-0.25, -0.2) is 0 Å². The monoisotopic (exact) mass is 463 g/mol. The van der Waals surface area contributed by atoms with Crippen LogP contribution < -0.4 is 5.43 Å². The standard InChI is InChI=1S/C22H14BrN3O4/c23-14-7-5-13(6-8-14)20(25-24-15-9-11-16(12-10-15)26(29)30)19-21(27)17-3-1-2-4-18(17)22(19)28/h1-12,24,27H/b25-20+. The molecular weight excluding hydrogens is 450 g/mol. The maximum absolute atomic E-state index is 13.0. The van der Waals surface area contributed by atoms with Gasteiger partial charge >= 0.3 is 0 Å². The van der Waals surface area contributed by atoms with Gasteiger partial charge in [-0.3, -0.25) is 20.3 Å². The topological polar surface area (TPSA) is 105 Å². The molecule has 0 fully saturated rings. The smallest absolute Gasteiger partial charge is 0.269 e. The first-order valence-corrected chi connectivity index (χ1v) is 9.67. The summed E-state index contributed by atoms with van der Waals surface area (Å²) in [6.45, 7) is 0. The summed E-state index contributed by atoms with van der Waals surface area (Å²) in [7, 11) is 0. The number of nitro benzene ring substituents is 1. The van der Waals surface area contributed by atoms with E-state index in [9.17, 15) is 20.0 Å². The van der Waals surface area contributed by atoms with Crippen molar-refractivity contribution in [2.45, 2.75) is 0 Å². The highest BCUT2D eigenvalue weighted by Crippen LogP contribution is 2.33. The zero-order chi connectivity index (χ0) is 21.3. The van der Waals surface area contributed by atoms with Gasteiger partial charge in [-0.05, 0) is 24.3 Å². The van der Waals surface area contributed by atoms with E-state index in [1.807, 2.05) is 0 Å². The number of nitrogens with one attached hydrogen (secondary N) is 1. The minimum absolute atomic E-state index is 0.0422. The lowest BCUT2D eigenvalue weighted by atomic mass is 9.99. The molecule has 0 radical (unpaired) electrons. The number of rotatable bonds is 5. The lowest BCUT2D eigenvalue weighted by molar-refractivity contribution is -0.384. The van der Waals surface area contributed by atoms with Crippen LogP contribution in [0.25, 0.3) is 5.76 Å². The average molecular weight is 464 g/mol. The normalized spacial score (nSPS) is 13.4. The lowest BCUT2D eigenvalue weighted by Gasteiger charge is -2.10. The SMILES string of the molecule is O=C1C(/C(=N/Nc2ccc([N+](=O)[O-])cc2)c2ccc(Br)cc2)=C(O)c2ccccc21. The summed E-state index contributed by atoms with van der Waals surface area (Å²) in [4.78, 5) is 23.3. The third kappa shape index (κ3) is 3.60. The largest absolute Gasteiger partial charge is 0.506 e. The van der Waals surface area contributed by atoms with Crippen molar-refractivity contribution < 1.29 is 14.8 Å². The highest BCUT2D eigenvalue weighted by atomic mass is 79.9. The summed E-state index contributed by atoms with van der Waals surface area (Å²) in [6.07, 6.45) is 0. The summed E-state index contributed by atoms with van der Waals surface area (Å²) in [6, 6.07) is 19.7. The van der Waals surface area contributed by atoms with Crippen molar-refractivity contribution in [3.05, 3.63) is 110 Å². The van der Waals surface area contributed by atoms with Gasteiger partial charge in [0, 0.05) is 33.3 Å². The molecule has 0 spiro atoms. The summed E-state index contributed by atoms with van der Waals surface area (Å²) in [5.41, 5.74) is 5.12. The molecule has 0 aromatic heterocycles. The number of non-ortho nitro benzene ring substituents is 1. The first kappa shape index (κ1) is 19.5. The number of carbonyl (C=O) groups excluding carboxylic acids is 1. The number of nitrogens with zero attached hydrogens (tertiary/aromatic N) is 2. The zero-order valence-electron chi connectivity index (χ0n) is 15.4. The summed E-state index contributed by atoms with van der Waals surface area (Å²) in [5, 5.41) is 26.0. The Hall–Kier alpha value is -3.78. The predicted molar refractivity (Wildman–Crippen MR) is 118 cm³/mol. The third-order valence-electron chi connectivity index (χ3n) is 4.62. The molecule has 0 unspecified atom stereocenters. The molecule has 8 heteroatoms. The number of fused-ring (bicyclic) bond motifs is 1. The fourth-order valence-corrected chi connectivity index (χ4v) is 3.40. The number of aliphatic hydroxyl groups is 1. The average Bonchev–Trinajstić information content (AvgIpc) is 3.01. The number of hydrazone groups is 1. The molecule has 4 rings (SSSR count). The number of halogens is 1. The van der Waals surface area contributed by atoms with Crippen molar-refractivity contribution in [3.63, 3.8) is 0 Å². The van der Waals surface area contributed by atoms with E-state index in [4.69, 9.17) is 0 Å². The van der Waals surface area contributed by atoms with Crippen LogP contribution in [0.3, 0.4) is 0 Å². The van der Waals surface area contributed by atoms with E-state index in [2.05, 4.69) is 26.5 Å². The summed E-state index contributed by atoms with van der Waals surface area (Å²) >= 11 is 3.38. The van der Waals surface area contributed by atoms with E-state index in [1.165, 1.54) is 24.3 Å². The maximum Gasteiger partial charge on any atom is 0.269 e. The number of anilines is 1. The number of nitro groups is 1. The predicted octanol–water partition coefficient (Wildman–Crippen LogP) is 5.34. The molecule has 148 valence electrons. The van der Waals surface area contributed by atoms with Crippen molar-refractivity contribution in [2.24, 2.45) is 5.10 Å². The zero-order valence-corrected chi connectivity index (χ0v) is 17.0. The number of allylic oxidation sites excluding steroid dienone is 1. The molecule has 0 heterocycles. The van der Waals surface area contributed by atoms with Crippen LogP contribution in [0, 0.1) is 10.1 Å². The van der Waals surface area contributed by atoms with Crippen LogP contribution in [0.1, 0.15) is 21.5 Å². The second-order valence-corrected chi connectivity index (χ2v) is 7.40. The van der Waals surface area contributed by atoms with E-state index < -0.39 is 4.92 Å². The minimum atomic E-state index is -0.489. The quantitative estimate of drug-likeness (QED) is 0.301. The van der Waals surface area contributed by atoms with Gasteiger partial charge in [0.1, 0.15) is 11.5 Å². The third-order valence-corrected chi connectivity index (χ3v) is 5.15. The van der Waals surface area contributed by atoms with Crippen LogP contribution >= 0.6 is 15.9 Å². The van der Waals surface area contributed by atoms with Crippen molar-refractivity contribution in [2.75, 3.05) is 5.43 Å². The Bertz CT molecular complexity index is 1220. The highest BCUT2D eigenvalue weighted by molar-refractivity contribution is 9.10. The van der Waals surface area contributed by atoms with E-state index in [1.54, 1.807) is 48.5 Å². The van der Waals surface area contributed by atoms with E-state index >= 15 is 0 Å². The summed E-state index contributed by atoms with van der Waals surface area (Å²) < 4.78 is 0.855. The Morgan fingerprint density at radius 2 is 1.60 bits per heavy atom. The Labute approximate surface area is 179 Å². The molecule has 30 heavy (non-hydrogen) atoms. The number of benzene rings is 3. The van der Waals surface area contributed by atoms with Crippen LogP contribution in [-0.4, -0.2) is 21.5 Å². The highest BCUT2D eigenvalue weighted by Gasteiger charge is 2.33. The molecule has 0 saturated carbocycles. The van der Waals surface area contributed by atoms with Gasteiger partial charge < -0.3 is 5.11 Å². The molecule has 3 aromatic rings. The fourth-order valence-electron chi connectivity index (χ4n) is 3.13. The van der Waals surface area contributed by atoms with E-state index in [-0.39, 0.29) is 28.5 Å². The van der Waals surface area contributed by atoms with Gasteiger partial charge in [-0.1, -0.05) is 52.3 Å². The number of ketones is 1. The molecule has 0 atom stereocenters. The first-order valence-electron chi connectivity index (χ1n) is 8.87. The molecule has 0 aliphatic heterocycles. The van der Waals surface area contributed by atoms with E-state index in [0.29, 0.717) is 22.4 Å². The van der Waals surface area contributed by atoms with Gasteiger partial charge in [0.25, 0.3) is 5.69 Å². The van der Waals surface area contributed by atoms with Gasteiger partial charge in [0.2, 0.25) is 0 Å². The Morgan fingerprint density at radius 1 is 0.967 bits per heavy atom. The number of hydrogen-bond donors (Lipinski definition) is 2. The van der Waals surface area contributed by atoms with Crippen LogP contribution in [0.4, 0.5) is 11.4 Å². The minimum Gasteiger partial charge on any atom is -0.506 e. The molecule has 1 aliphatic rings. The Morgan fingerprint density at radius 3 is 2.20 bits per heavy atom. The van der Waals surface area contributed by atoms with Crippen molar-refractivity contribution in [3.8, 4) is 0 Å². The van der Waals surface area contributed by atoms with Crippen molar-refractivity contribution in [1.29, 1.82) is 0 Å². The molecule has 1 aliphatic carbocycles. The fraction of sp³-hybridized carbons (Fsp3) is 0. The summed E-state index contributed by atoms with van der Waals surface area (Å²) in [5.74, 6) is -0.460. The number of hydrogen-bond acceptors (Lipinski definition) is 6. The lowest BCUT2D eigenvalue weighted by Crippen LogP contribution is -2.14. The number of Topliss-reactive ketones (excluding diaryl/α,β-unsaturated/α-hetero) is 1. The number of aliphatic hydroxyl groups excluding tert-OH is 1. The Balaban J connectivity index is 1.77.